The van der Waals surface area contributed by atoms with Crippen LogP contribution in [-0.2, 0) is 11.2 Å². The summed E-state index contributed by atoms with van der Waals surface area (Å²) in [5, 5.41) is 6.14. The topological polar surface area (TPSA) is 79.9 Å². The van der Waals surface area contributed by atoms with Gasteiger partial charge in [0.05, 0.1) is 26.3 Å². The molecule has 1 heterocycles. The van der Waals surface area contributed by atoms with Crippen LogP contribution in [0.25, 0.3) is 0 Å². The lowest BCUT2D eigenvalue weighted by Gasteiger charge is -2.42. The molecule has 1 aromatic carbocycles. The van der Waals surface area contributed by atoms with Crippen LogP contribution in [0.2, 0.25) is 0 Å². The molecule has 162 valence electrons. The maximum Gasteiger partial charge on any atom is 0.317 e. The Morgan fingerprint density at radius 2 is 1.83 bits per heavy atom. The Labute approximate surface area is 174 Å². The van der Waals surface area contributed by atoms with Crippen LogP contribution in [0.4, 0.5) is 4.79 Å². The number of fused-ring (bicyclic) bond motifs is 1. The number of carbonyl (C=O) groups excluding carboxylic acids is 2. The van der Waals surface area contributed by atoms with Crippen molar-refractivity contribution >= 4 is 11.9 Å². The molecule has 0 saturated carbocycles. The van der Waals surface area contributed by atoms with E-state index in [1.165, 1.54) is 0 Å². The van der Waals surface area contributed by atoms with Crippen molar-refractivity contribution in [2.24, 2.45) is 5.92 Å². The molecule has 2 N–H and O–H groups in total. The molecule has 0 spiro atoms. The lowest BCUT2D eigenvalue weighted by Crippen LogP contribution is -2.53. The minimum Gasteiger partial charge on any atom is -0.493 e. The molecule has 7 heteroatoms. The summed E-state index contributed by atoms with van der Waals surface area (Å²) in [6.45, 7) is 9.00. The van der Waals surface area contributed by atoms with E-state index in [-0.39, 0.29) is 29.9 Å². The number of rotatable bonds is 8. The molecule has 1 aromatic rings. The molecule has 29 heavy (non-hydrogen) atoms. The van der Waals surface area contributed by atoms with Gasteiger partial charge in [0.15, 0.2) is 11.5 Å². The third-order valence-electron chi connectivity index (χ3n) is 5.38. The van der Waals surface area contributed by atoms with Gasteiger partial charge in [-0.15, -0.1) is 0 Å². The fourth-order valence-corrected chi connectivity index (χ4v) is 3.73. The van der Waals surface area contributed by atoms with E-state index in [0.29, 0.717) is 31.0 Å². The largest absolute Gasteiger partial charge is 0.493 e. The molecule has 7 nitrogen and oxygen atoms in total. The standard InChI is InChI=1S/C22H35N3O4/c1-7-10-23-22(27)25-11-9-15-12-18(28-5)19(29-6)13-16(15)20(25)17(8-2)24-21(26)14(3)4/h12-14,17,20H,7-11H2,1-6H3,(H,23,27)(H,24,26)/t17-,20+/m0/s1. The van der Waals surface area contributed by atoms with Crippen LogP contribution in [0.15, 0.2) is 12.1 Å². The molecule has 2 atom stereocenters. The van der Waals surface area contributed by atoms with Gasteiger partial charge in [-0.05, 0) is 42.5 Å². The highest BCUT2D eigenvalue weighted by Crippen LogP contribution is 2.40. The summed E-state index contributed by atoms with van der Waals surface area (Å²) >= 11 is 0. The van der Waals surface area contributed by atoms with Gasteiger partial charge in [0.1, 0.15) is 0 Å². The highest BCUT2D eigenvalue weighted by Gasteiger charge is 2.37. The summed E-state index contributed by atoms with van der Waals surface area (Å²) in [6.07, 6.45) is 2.29. The predicted molar refractivity (Wildman–Crippen MR) is 113 cm³/mol. The average molecular weight is 406 g/mol. The van der Waals surface area contributed by atoms with Crippen molar-refractivity contribution in [2.75, 3.05) is 27.3 Å². The Morgan fingerprint density at radius 3 is 2.38 bits per heavy atom. The lowest BCUT2D eigenvalue weighted by molar-refractivity contribution is -0.125. The van der Waals surface area contributed by atoms with Crippen LogP contribution >= 0.6 is 0 Å². The Bertz CT molecular complexity index is 720. The van der Waals surface area contributed by atoms with Gasteiger partial charge >= 0.3 is 6.03 Å². The first-order valence-electron chi connectivity index (χ1n) is 10.5. The summed E-state index contributed by atoms with van der Waals surface area (Å²) in [5.41, 5.74) is 2.11. The fraction of sp³-hybridized carbons (Fsp3) is 0.636. The van der Waals surface area contributed by atoms with Crippen molar-refractivity contribution in [1.29, 1.82) is 0 Å². The van der Waals surface area contributed by atoms with Crippen LogP contribution in [0.5, 0.6) is 11.5 Å². The molecule has 1 aliphatic rings. The van der Waals surface area contributed by atoms with E-state index in [9.17, 15) is 9.59 Å². The summed E-state index contributed by atoms with van der Waals surface area (Å²) in [6, 6.07) is 3.36. The number of urea groups is 1. The first-order chi connectivity index (χ1) is 13.9. The summed E-state index contributed by atoms with van der Waals surface area (Å²) in [7, 11) is 3.22. The summed E-state index contributed by atoms with van der Waals surface area (Å²) < 4.78 is 11.0. The number of carbonyl (C=O) groups is 2. The highest BCUT2D eigenvalue weighted by atomic mass is 16.5. The van der Waals surface area contributed by atoms with Crippen LogP contribution in [0.1, 0.15) is 57.7 Å². The summed E-state index contributed by atoms with van der Waals surface area (Å²) in [4.78, 5) is 27.3. The van der Waals surface area contributed by atoms with E-state index in [4.69, 9.17) is 9.47 Å². The van der Waals surface area contributed by atoms with Gasteiger partial charge in [-0.2, -0.15) is 0 Å². The minimum atomic E-state index is -0.275. The van der Waals surface area contributed by atoms with Gasteiger partial charge in [0.2, 0.25) is 5.91 Å². The molecule has 0 aliphatic carbocycles. The van der Waals surface area contributed by atoms with Gasteiger partial charge in [-0.1, -0.05) is 27.7 Å². The Balaban J connectivity index is 2.50. The lowest BCUT2D eigenvalue weighted by atomic mass is 9.86. The maximum absolute atomic E-state index is 12.9. The van der Waals surface area contributed by atoms with Crippen molar-refractivity contribution in [3.8, 4) is 11.5 Å². The van der Waals surface area contributed by atoms with Crippen molar-refractivity contribution in [2.45, 2.75) is 59.0 Å². The van der Waals surface area contributed by atoms with Crippen LogP contribution in [0.3, 0.4) is 0 Å². The Hall–Kier alpha value is -2.44. The molecule has 0 aromatic heterocycles. The van der Waals surface area contributed by atoms with Gasteiger partial charge in [0.25, 0.3) is 0 Å². The predicted octanol–water partition coefficient (Wildman–Crippen LogP) is 3.27. The van der Waals surface area contributed by atoms with Crippen molar-refractivity contribution in [1.82, 2.24) is 15.5 Å². The first-order valence-corrected chi connectivity index (χ1v) is 10.5. The van der Waals surface area contributed by atoms with Crippen LogP contribution in [-0.4, -0.2) is 50.2 Å². The molecule has 0 fully saturated rings. The molecular weight excluding hydrogens is 370 g/mol. The van der Waals surface area contributed by atoms with E-state index in [0.717, 1.165) is 24.0 Å². The normalized spacial score (nSPS) is 16.8. The number of ether oxygens (including phenoxy) is 2. The molecule has 0 bridgehead atoms. The van der Waals surface area contributed by atoms with Gasteiger partial charge < -0.3 is 25.0 Å². The Kier molecular flexibility index (Phi) is 8.17. The number of amides is 3. The van der Waals surface area contributed by atoms with Crippen molar-refractivity contribution in [3.05, 3.63) is 23.3 Å². The zero-order valence-corrected chi connectivity index (χ0v) is 18.5. The molecule has 3 amide bonds. The number of hydrogen-bond donors (Lipinski definition) is 2. The van der Waals surface area contributed by atoms with E-state index >= 15 is 0 Å². The molecule has 1 aliphatic heterocycles. The summed E-state index contributed by atoms with van der Waals surface area (Å²) in [5.74, 6) is 1.16. The minimum absolute atomic E-state index is 0.0154. The number of hydrogen-bond acceptors (Lipinski definition) is 4. The molecule has 0 radical (unpaired) electrons. The Morgan fingerprint density at radius 1 is 1.17 bits per heavy atom. The molecule has 0 unspecified atom stereocenters. The number of methoxy groups -OCH3 is 2. The van der Waals surface area contributed by atoms with Gasteiger partial charge in [0, 0.05) is 19.0 Å². The van der Waals surface area contributed by atoms with Crippen molar-refractivity contribution in [3.63, 3.8) is 0 Å². The van der Waals surface area contributed by atoms with Gasteiger partial charge in [-0.25, -0.2) is 4.79 Å². The number of benzene rings is 1. The van der Waals surface area contributed by atoms with E-state index in [1.54, 1.807) is 14.2 Å². The number of nitrogens with zero attached hydrogens (tertiary/aromatic N) is 1. The third-order valence-corrected chi connectivity index (χ3v) is 5.38. The second-order valence-corrected chi connectivity index (χ2v) is 7.70. The number of nitrogens with one attached hydrogen (secondary N) is 2. The van der Waals surface area contributed by atoms with E-state index < -0.39 is 0 Å². The second-order valence-electron chi connectivity index (χ2n) is 7.70. The SMILES string of the molecule is CCCNC(=O)N1CCc2cc(OC)c(OC)cc2[C@@H]1[C@H](CC)NC(=O)C(C)C. The third kappa shape index (κ3) is 5.14. The molecule has 2 rings (SSSR count). The monoisotopic (exact) mass is 405 g/mol. The fourth-order valence-electron chi connectivity index (χ4n) is 3.73. The van der Waals surface area contributed by atoms with Crippen molar-refractivity contribution < 1.29 is 19.1 Å². The zero-order chi connectivity index (χ0) is 21.6. The second kappa shape index (κ2) is 10.4. The molecular formula is C22H35N3O4. The smallest absolute Gasteiger partial charge is 0.317 e. The van der Waals surface area contributed by atoms with E-state index in [2.05, 4.69) is 10.6 Å². The quantitative estimate of drug-likeness (QED) is 0.696. The average Bonchev–Trinajstić information content (AvgIpc) is 2.73. The van der Waals surface area contributed by atoms with Gasteiger partial charge in [-0.3, -0.25) is 4.79 Å². The first kappa shape index (κ1) is 22.8. The maximum atomic E-state index is 12.9. The van der Waals surface area contributed by atoms with Crippen LogP contribution in [0, 0.1) is 5.92 Å². The van der Waals surface area contributed by atoms with E-state index in [1.807, 2.05) is 44.7 Å². The molecule has 0 saturated heterocycles. The van der Waals surface area contributed by atoms with Crippen LogP contribution < -0.4 is 20.1 Å². The zero-order valence-electron chi connectivity index (χ0n) is 18.5. The highest BCUT2D eigenvalue weighted by molar-refractivity contribution is 5.79.